The predicted octanol–water partition coefficient (Wildman–Crippen LogP) is 2.69. The van der Waals surface area contributed by atoms with Crippen LogP contribution in [-0.4, -0.2) is 54.2 Å². The lowest BCUT2D eigenvalue weighted by molar-refractivity contribution is -0.141. The summed E-state index contributed by atoms with van der Waals surface area (Å²) in [6, 6.07) is 4.61. The highest BCUT2D eigenvalue weighted by Gasteiger charge is 2.20. The zero-order valence-corrected chi connectivity index (χ0v) is 17.0. The van der Waals surface area contributed by atoms with Gasteiger partial charge in [-0.1, -0.05) is 0 Å². The van der Waals surface area contributed by atoms with Crippen molar-refractivity contribution in [1.82, 2.24) is 10.3 Å². The van der Waals surface area contributed by atoms with Crippen LogP contribution < -0.4 is 14.8 Å². The number of amides is 1. The van der Waals surface area contributed by atoms with E-state index in [0.717, 1.165) is 10.6 Å². The van der Waals surface area contributed by atoms with E-state index in [9.17, 15) is 14.7 Å². The maximum atomic E-state index is 12.2. The summed E-state index contributed by atoms with van der Waals surface area (Å²) in [5.41, 5.74) is 1.45. The van der Waals surface area contributed by atoms with Gasteiger partial charge in [0, 0.05) is 10.9 Å². The third kappa shape index (κ3) is 5.86. The molecule has 0 aliphatic carbocycles. The van der Waals surface area contributed by atoms with Crippen LogP contribution in [0.1, 0.15) is 12.1 Å². The Labute approximate surface area is 166 Å². The molecule has 1 aromatic heterocycles. The number of aliphatic carboxylic acids is 1. The average molecular weight is 411 g/mol. The largest absolute Gasteiger partial charge is 0.493 e. The van der Waals surface area contributed by atoms with Gasteiger partial charge in [-0.2, -0.15) is 11.8 Å². The number of rotatable bonds is 10. The van der Waals surface area contributed by atoms with Crippen molar-refractivity contribution in [3.63, 3.8) is 0 Å². The highest BCUT2D eigenvalue weighted by Crippen LogP contribution is 2.33. The Balaban J connectivity index is 2.05. The lowest BCUT2D eigenvalue weighted by atomic mass is 10.2. The summed E-state index contributed by atoms with van der Waals surface area (Å²) < 4.78 is 10.5. The van der Waals surface area contributed by atoms with Crippen LogP contribution in [-0.2, 0) is 16.0 Å². The van der Waals surface area contributed by atoms with Gasteiger partial charge in [-0.3, -0.25) is 4.79 Å². The van der Waals surface area contributed by atoms with E-state index < -0.39 is 12.0 Å². The molecule has 0 aliphatic rings. The highest BCUT2D eigenvalue weighted by molar-refractivity contribution is 7.98. The molecule has 0 saturated heterocycles. The molecule has 0 saturated carbocycles. The fourth-order valence-corrected chi connectivity index (χ4v) is 3.68. The first-order valence-corrected chi connectivity index (χ1v) is 10.4. The number of thioether (sulfide) groups is 1. The number of carbonyl (C=O) groups excluding carboxylic acids is 1. The minimum Gasteiger partial charge on any atom is -0.493 e. The summed E-state index contributed by atoms with van der Waals surface area (Å²) in [5, 5.41) is 14.3. The number of ether oxygens (including phenoxy) is 2. The molecule has 0 aliphatic heterocycles. The van der Waals surface area contributed by atoms with Crippen LogP contribution in [0, 0.1) is 0 Å². The third-order valence-corrected chi connectivity index (χ3v) is 5.35. The number of aromatic nitrogens is 1. The van der Waals surface area contributed by atoms with E-state index >= 15 is 0 Å². The van der Waals surface area contributed by atoms with E-state index in [4.69, 9.17) is 9.47 Å². The molecule has 9 heteroatoms. The second-order valence-electron chi connectivity index (χ2n) is 5.63. The van der Waals surface area contributed by atoms with E-state index in [2.05, 4.69) is 10.3 Å². The van der Waals surface area contributed by atoms with Gasteiger partial charge in [-0.25, -0.2) is 9.78 Å². The number of carboxylic acids is 1. The zero-order chi connectivity index (χ0) is 19.8. The number of carbonyl (C=O) groups is 2. The summed E-state index contributed by atoms with van der Waals surface area (Å²) in [6.07, 6.45) is 2.31. The van der Waals surface area contributed by atoms with Gasteiger partial charge in [0.15, 0.2) is 11.5 Å². The number of nitrogens with zero attached hydrogens (tertiary/aromatic N) is 1. The number of thiazole rings is 1. The van der Waals surface area contributed by atoms with Crippen molar-refractivity contribution in [1.29, 1.82) is 0 Å². The molecule has 1 amide bonds. The lowest BCUT2D eigenvalue weighted by Crippen LogP contribution is -2.41. The molecule has 2 rings (SSSR count). The quantitative estimate of drug-likeness (QED) is 0.621. The van der Waals surface area contributed by atoms with Gasteiger partial charge in [0.1, 0.15) is 11.0 Å². The molecule has 27 heavy (non-hydrogen) atoms. The summed E-state index contributed by atoms with van der Waals surface area (Å²) >= 11 is 2.95. The summed E-state index contributed by atoms with van der Waals surface area (Å²) in [6.45, 7) is 0. The first-order valence-electron chi connectivity index (χ1n) is 8.16. The maximum absolute atomic E-state index is 12.2. The van der Waals surface area contributed by atoms with Crippen LogP contribution in [0.4, 0.5) is 0 Å². The Morgan fingerprint density at radius 1 is 1.30 bits per heavy atom. The smallest absolute Gasteiger partial charge is 0.326 e. The van der Waals surface area contributed by atoms with E-state index in [1.54, 1.807) is 37.4 Å². The molecule has 1 atom stereocenters. The number of benzene rings is 1. The fourth-order valence-electron chi connectivity index (χ4n) is 2.39. The van der Waals surface area contributed by atoms with Crippen LogP contribution >= 0.6 is 23.1 Å². The molecule has 2 N–H and O–H groups in total. The van der Waals surface area contributed by atoms with Crippen LogP contribution in [0.25, 0.3) is 10.6 Å². The van der Waals surface area contributed by atoms with E-state index in [0.29, 0.717) is 29.4 Å². The van der Waals surface area contributed by atoms with Crippen molar-refractivity contribution in [3.8, 4) is 22.1 Å². The van der Waals surface area contributed by atoms with E-state index in [-0.39, 0.29) is 12.3 Å². The van der Waals surface area contributed by atoms with E-state index in [1.165, 1.54) is 11.3 Å². The molecule has 0 spiro atoms. The molecule has 0 unspecified atom stereocenters. The van der Waals surface area contributed by atoms with Gasteiger partial charge in [0.2, 0.25) is 5.91 Å². The molecule has 1 aromatic carbocycles. The van der Waals surface area contributed by atoms with Crippen LogP contribution in [0.5, 0.6) is 11.5 Å². The van der Waals surface area contributed by atoms with Crippen LogP contribution in [0.3, 0.4) is 0 Å². The Hall–Kier alpha value is -2.26. The molecule has 7 nitrogen and oxygen atoms in total. The second-order valence-corrected chi connectivity index (χ2v) is 7.47. The van der Waals surface area contributed by atoms with Crippen LogP contribution in [0.15, 0.2) is 23.6 Å². The Kier molecular flexibility index (Phi) is 7.93. The predicted molar refractivity (Wildman–Crippen MR) is 107 cm³/mol. The van der Waals surface area contributed by atoms with Crippen LogP contribution in [0.2, 0.25) is 0 Å². The van der Waals surface area contributed by atoms with Gasteiger partial charge in [-0.05, 0) is 36.6 Å². The molecule has 0 bridgehead atoms. The Morgan fingerprint density at radius 2 is 2.04 bits per heavy atom. The Morgan fingerprint density at radius 3 is 2.67 bits per heavy atom. The number of hydrogen-bond acceptors (Lipinski definition) is 7. The SMILES string of the molecule is COc1ccc(-c2nc(CC(=O)N[C@H](CCSC)C(=O)O)cs2)cc1OC. The first-order chi connectivity index (χ1) is 13.0. The molecular formula is C18H22N2O5S2. The summed E-state index contributed by atoms with van der Waals surface area (Å²) in [7, 11) is 3.14. The number of hydrogen-bond donors (Lipinski definition) is 2. The molecule has 146 valence electrons. The standard InChI is InChI=1S/C18H22N2O5S2/c1-24-14-5-4-11(8-15(14)25-2)17-19-12(10-27-17)9-16(21)20-13(18(22)23)6-7-26-3/h4-5,8,10,13H,6-7,9H2,1-3H3,(H,20,21)(H,22,23)/t13-/m1/s1. The van der Waals surface area contributed by atoms with Gasteiger partial charge in [0.05, 0.1) is 26.3 Å². The molecule has 0 fully saturated rings. The molecule has 1 heterocycles. The Bertz CT molecular complexity index is 794. The number of nitrogens with one attached hydrogen (secondary N) is 1. The average Bonchev–Trinajstić information content (AvgIpc) is 3.12. The number of carboxylic acid groups (broad SMARTS) is 1. The minimum atomic E-state index is -1.03. The van der Waals surface area contributed by atoms with Gasteiger partial charge in [0.25, 0.3) is 0 Å². The zero-order valence-electron chi connectivity index (χ0n) is 15.4. The summed E-state index contributed by atoms with van der Waals surface area (Å²) in [4.78, 5) is 27.9. The second kappa shape index (κ2) is 10.2. The summed E-state index contributed by atoms with van der Waals surface area (Å²) in [5.74, 6) is 0.511. The van der Waals surface area contributed by atoms with Crippen molar-refractivity contribution in [2.24, 2.45) is 0 Å². The maximum Gasteiger partial charge on any atom is 0.326 e. The number of methoxy groups -OCH3 is 2. The van der Waals surface area contributed by atoms with Crippen molar-refractivity contribution in [2.75, 3.05) is 26.2 Å². The van der Waals surface area contributed by atoms with Gasteiger partial charge < -0.3 is 19.9 Å². The highest BCUT2D eigenvalue weighted by atomic mass is 32.2. The lowest BCUT2D eigenvalue weighted by Gasteiger charge is -2.13. The molecule has 0 radical (unpaired) electrons. The topological polar surface area (TPSA) is 97.8 Å². The minimum absolute atomic E-state index is 0.0346. The molecular weight excluding hydrogens is 388 g/mol. The van der Waals surface area contributed by atoms with Crippen molar-refractivity contribution in [2.45, 2.75) is 18.9 Å². The normalized spacial score (nSPS) is 11.7. The third-order valence-electron chi connectivity index (χ3n) is 3.77. The first kappa shape index (κ1) is 21.0. The van der Waals surface area contributed by atoms with Crippen molar-refractivity contribution < 1.29 is 24.2 Å². The van der Waals surface area contributed by atoms with Crippen molar-refractivity contribution >= 4 is 35.0 Å². The monoisotopic (exact) mass is 410 g/mol. The van der Waals surface area contributed by atoms with Crippen molar-refractivity contribution in [3.05, 3.63) is 29.3 Å². The van der Waals surface area contributed by atoms with Gasteiger partial charge >= 0.3 is 5.97 Å². The molecule has 2 aromatic rings. The van der Waals surface area contributed by atoms with E-state index in [1.807, 2.05) is 18.4 Å². The van der Waals surface area contributed by atoms with Gasteiger partial charge in [-0.15, -0.1) is 11.3 Å². The fraction of sp³-hybridized carbons (Fsp3) is 0.389.